The Kier molecular flexibility index (Phi) is 5.32. The fourth-order valence-electron chi connectivity index (χ4n) is 2.32. The van der Waals surface area contributed by atoms with Crippen molar-refractivity contribution in [1.82, 2.24) is 0 Å². The van der Waals surface area contributed by atoms with Gasteiger partial charge in [-0.15, -0.1) is 0 Å². The molecule has 92 valence electrons. The van der Waals surface area contributed by atoms with E-state index in [1.807, 2.05) is 0 Å². The standard InChI is InChI=1S/C14H31N/c1-8-14(6,7)12(15)10-13(4,5)9-11(2)3/h11-12H,8-10,15H2,1-7H3. The molecule has 0 heterocycles. The summed E-state index contributed by atoms with van der Waals surface area (Å²) < 4.78 is 0. The monoisotopic (exact) mass is 213 g/mol. The van der Waals surface area contributed by atoms with Crippen LogP contribution in [0.3, 0.4) is 0 Å². The Hall–Kier alpha value is -0.0400. The van der Waals surface area contributed by atoms with E-state index in [-0.39, 0.29) is 5.41 Å². The van der Waals surface area contributed by atoms with Crippen LogP contribution >= 0.6 is 0 Å². The summed E-state index contributed by atoms with van der Waals surface area (Å²) in [6.07, 6.45) is 3.55. The van der Waals surface area contributed by atoms with Crippen LogP contribution in [0.5, 0.6) is 0 Å². The van der Waals surface area contributed by atoms with Gasteiger partial charge in [0.05, 0.1) is 0 Å². The molecule has 0 aliphatic rings. The van der Waals surface area contributed by atoms with E-state index in [1.54, 1.807) is 0 Å². The maximum absolute atomic E-state index is 6.32. The fourth-order valence-corrected chi connectivity index (χ4v) is 2.32. The summed E-state index contributed by atoms with van der Waals surface area (Å²) in [4.78, 5) is 0. The van der Waals surface area contributed by atoms with Gasteiger partial charge in [-0.25, -0.2) is 0 Å². The maximum atomic E-state index is 6.32. The van der Waals surface area contributed by atoms with E-state index in [2.05, 4.69) is 48.5 Å². The molecular weight excluding hydrogens is 182 g/mol. The van der Waals surface area contributed by atoms with Gasteiger partial charge in [0.25, 0.3) is 0 Å². The highest BCUT2D eigenvalue weighted by atomic mass is 14.7. The Morgan fingerprint density at radius 1 is 1.00 bits per heavy atom. The molecule has 0 spiro atoms. The van der Waals surface area contributed by atoms with Crippen LogP contribution in [-0.4, -0.2) is 6.04 Å². The van der Waals surface area contributed by atoms with Gasteiger partial charge in [-0.05, 0) is 36.0 Å². The van der Waals surface area contributed by atoms with Crippen LogP contribution in [0, 0.1) is 16.7 Å². The normalized spacial score (nSPS) is 15.8. The van der Waals surface area contributed by atoms with Crippen molar-refractivity contribution in [1.29, 1.82) is 0 Å². The molecule has 1 nitrogen and oxygen atoms in total. The predicted octanol–water partition coefficient (Wildman–Crippen LogP) is 4.21. The zero-order valence-corrected chi connectivity index (χ0v) is 11.9. The molecule has 0 radical (unpaired) electrons. The van der Waals surface area contributed by atoms with Gasteiger partial charge < -0.3 is 5.73 Å². The van der Waals surface area contributed by atoms with Crippen molar-refractivity contribution in [2.45, 2.75) is 73.8 Å². The van der Waals surface area contributed by atoms with Crippen molar-refractivity contribution >= 4 is 0 Å². The minimum atomic E-state index is 0.272. The molecule has 1 heteroatoms. The van der Waals surface area contributed by atoms with Crippen LogP contribution in [0.25, 0.3) is 0 Å². The Bertz CT molecular complexity index is 180. The van der Waals surface area contributed by atoms with Gasteiger partial charge in [0.2, 0.25) is 0 Å². The van der Waals surface area contributed by atoms with Crippen molar-refractivity contribution in [2.24, 2.45) is 22.5 Å². The average Bonchev–Trinajstić information content (AvgIpc) is 2.00. The lowest BCUT2D eigenvalue weighted by molar-refractivity contribution is 0.173. The smallest absolute Gasteiger partial charge is 0.00952 e. The van der Waals surface area contributed by atoms with Gasteiger partial charge in [-0.2, -0.15) is 0 Å². The molecule has 0 saturated heterocycles. The lowest BCUT2D eigenvalue weighted by Crippen LogP contribution is -2.40. The van der Waals surface area contributed by atoms with E-state index in [4.69, 9.17) is 5.73 Å². The van der Waals surface area contributed by atoms with Gasteiger partial charge in [0.1, 0.15) is 0 Å². The molecule has 0 aromatic heterocycles. The first kappa shape index (κ1) is 15.0. The SMILES string of the molecule is CCC(C)(C)C(N)CC(C)(C)CC(C)C. The van der Waals surface area contributed by atoms with Crippen molar-refractivity contribution in [2.75, 3.05) is 0 Å². The van der Waals surface area contributed by atoms with Crippen LogP contribution in [0.4, 0.5) is 0 Å². The van der Waals surface area contributed by atoms with Crippen molar-refractivity contribution in [3.63, 3.8) is 0 Å². The molecule has 1 unspecified atom stereocenters. The lowest BCUT2D eigenvalue weighted by atomic mass is 9.71. The Balaban J connectivity index is 4.33. The summed E-state index contributed by atoms with van der Waals surface area (Å²) in [6.45, 7) is 16.1. The summed E-state index contributed by atoms with van der Waals surface area (Å²) >= 11 is 0. The molecular formula is C14H31N. The topological polar surface area (TPSA) is 26.0 Å². The summed E-state index contributed by atoms with van der Waals surface area (Å²) in [7, 11) is 0. The second kappa shape index (κ2) is 5.34. The highest BCUT2D eigenvalue weighted by Crippen LogP contribution is 2.35. The van der Waals surface area contributed by atoms with E-state index in [0.29, 0.717) is 11.5 Å². The lowest BCUT2D eigenvalue weighted by Gasteiger charge is -2.37. The largest absolute Gasteiger partial charge is 0.327 e. The van der Waals surface area contributed by atoms with Gasteiger partial charge in [0, 0.05) is 6.04 Å². The van der Waals surface area contributed by atoms with E-state index in [1.165, 1.54) is 6.42 Å². The number of hydrogen-bond acceptors (Lipinski definition) is 1. The number of nitrogens with two attached hydrogens (primary N) is 1. The van der Waals surface area contributed by atoms with E-state index in [0.717, 1.165) is 18.8 Å². The summed E-state index contributed by atoms with van der Waals surface area (Å²) in [6, 6.07) is 0.316. The van der Waals surface area contributed by atoms with Crippen molar-refractivity contribution in [3.8, 4) is 0 Å². The first-order valence-corrected chi connectivity index (χ1v) is 6.36. The fraction of sp³-hybridized carbons (Fsp3) is 1.00. The van der Waals surface area contributed by atoms with Crippen LogP contribution < -0.4 is 5.73 Å². The van der Waals surface area contributed by atoms with E-state index < -0.39 is 0 Å². The zero-order valence-electron chi connectivity index (χ0n) is 11.9. The Morgan fingerprint density at radius 3 is 1.80 bits per heavy atom. The molecule has 0 amide bonds. The highest BCUT2D eigenvalue weighted by molar-refractivity contribution is 4.85. The molecule has 1 atom stereocenters. The molecule has 0 aromatic rings. The molecule has 0 fully saturated rings. The Morgan fingerprint density at radius 2 is 1.47 bits per heavy atom. The molecule has 0 aliphatic carbocycles. The molecule has 0 bridgehead atoms. The Labute approximate surface area is 96.8 Å². The van der Waals surface area contributed by atoms with E-state index >= 15 is 0 Å². The summed E-state index contributed by atoms with van der Waals surface area (Å²) in [5.74, 6) is 0.761. The van der Waals surface area contributed by atoms with Gasteiger partial charge in [-0.3, -0.25) is 0 Å². The molecule has 0 aromatic carbocycles. The van der Waals surface area contributed by atoms with Gasteiger partial charge >= 0.3 is 0 Å². The van der Waals surface area contributed by atoms with Crippen LogP contribution in [0.2, 0.25) is 0 Å². The first-order valence-electron chi connectivity index (χ1n) is 6.36. The molecule has 0 rings (SSSR count). The van der Waals surface area contributed by atoms with Crippen LogP contribution in [0.1, 0.15) is 67.7 Å². The highest BCUT2D eigenvalue weighted by Gasteiger charge is 2.30. The quantitative estimate of drug-likeness (QED) is 0.702. The second-order valence-electron chi connectivity index (χ2n) is 6.91. The third kappa shape index (κ3) is 5.55. The second-order valence-corrected chi connectivity index (χ2v) is 6.91. The van der Waals surface area contributed by atoms with Crippen molar-refractivity contribution < 1.29 is 0 Å². The summed E-state index contributed by atoms with van der Waals surface area (Å²) in [5.41, 5.74) is 6.97. The first-order chi connectivity index (χ1) is 6.60. The van der Waals surface area contributed by atoms with E-state index in [9.17, 15) is 0 Å². The van der Waals surface area contributed by atoms with Gasteiger partial charge in [0.15, 0.2) is 0 Å². The van der Waals surface area contributed by atoms with Gasteiger partial charge in [-0.1, -0.05) is 48.5 Å². The zero-order chi connectivity index (χ0) is 12.3. The third-order valence-corrected chi connectivity index (χ3v) is 3.65. The van der Waals surface area contributed by atoms with Crippen LogP contribution in [0.15, 0.2) is 0 Å². The third-order valence-electron chi connectivity index (χ3n) is 3.65. The number of hydrogen-bond donors (Lipinski definition) is 1. The minimum Gasteiger partial charge on any atom is -0.327 e. The molecule has 0 saturated carbocycles. The molecule has 15 heavy (non-hydrogen) atoms. The van der Waals surface area contributed by atoms with Crippen LogP contribution in [-0.2, 0) is 0 Å². The molecule has 2 N–H and O–H groups in total. The molecule has 0 aliphatic heterocycles. The average molecular weight is 213 g/mol. The predicted molar refractivity (Wildman–Crippen MR) is 69.9 cm³/mol. The minimum absolute atomic E-state index is 0.272. The number of rotatable bonds is 6. The van der Waals surface area contributed by atoms with Crippen molar-refractivity contribution in [3.05, 3.63) is 0 Å². The maximum Gasteiger partial charge on any atom is 0.00952 e. The summed E-state index contributed by atoms with van der Waals surface area (Å²) in [5, 5.41) is 0.